The number of halogens is 2. The van der Waals surface area contributed by atoms with Crippen LogP contribution in [0.4, 0.5) is 5.69 Å². The summed E-state index contributed by atoms with van der Waals surface area (Å²) in [5.74, 6) is 0.0746. The maximum absolute atomic E-state index is 11.9. The molecule has 0 saturated heterocycles. The number of benzene rings is 1. The van der Waals surface area contributed by atoms with Crippen LogP contribution in [-0.2, 0) is 9.12 Å². The number of amides is 1. The summed E-state index contributed by atoms with van der Waals surface area (Å²) in [6.07, 6.45) is 0. The molecule has 2 nitrogen and oxygen atoms in total. The number of nitrogens with zero attached hydrogens (tertiary/aromatic N) is 1. The Morgan fingerprint density at radius 1 is 1.43 bits per heavy atom. The average Bonchev–Trinajstić information content (AvgIpc) is 2.28. The van der Waals surface area contributed by atoms with E-state index in [1.807, 2.05) is 25.1 Å². The first-order valence-corrected chi connectivity index (χ1v) is 5.80. The van der Waals surface area contributed by atoms with Crippen molar-refractivity contribution in [2.24, 2.45) is 0 Å². The molecule has 1 unspecified atom stereocenters. The van der Waals surface area contributed by atoms with Crippen LogP contribution in [0.25, 0.3) is 0 Å². The summed E-state index contributed by atoms with van der Waals surface area (Å²) < 4.78 is 0.415. The molecule has 0 saturated carbocycles. The van der Waals surface area contributed by atoms with Crippen molar-refractivity contribution < 1.29 is 4.79 Å². The predicted molar refractivity (Wildman–Crippen MR) is 63.8 cm³/mol. The molecule has 4 heteroatoms. The summed E-state index contributed by atoms with van der Waals surface area (Å²) in [6.45, 7) is 1.88. The fraction of sp³-hybridized carbons (Fsp3) is 0.300. The summed E-state index contributed by atoms with van der Waals surface area (Å²) in [5.41, 5.74) is 1.98. The van der Waals surface area contributed by atoms with Gasteiger partial charge in [0.05, 0.1) is 0 Å². The highest BCUT2D eigenvalue weighted by Crippen LogP contribution is 2.45. The van der Waals surface area contributed by atoms with E-state index in [9.17, 15) is 4.79 Å². The topological polar surface area (TPSA) is 20.3 Å². The van der Waals surface area contributed by atoms with Gasteiger partial charge in [-0.05, 0) is 19.1 Å². The van der Waals surface area contributed by atoms with Crippen molar-refractivity contribution >= 4 is 43.5 Å². The van der Waals surface area contributed by atoms with Crippen LogP contribution >= 0.6 is 31.9 Å². The highest BCUT2D eigenvalue weighted by atomic mass is 79.9. The second-order valence-corrected chi connectivity index (χ2v) is 6.03. The average molecular weight is 319 g/mol. The third kappa shape index (κ3) is 1.24. The van der Waals surface area contributed by atoms with Crippen LogP contribution in [0.15, 0.2) is 22.7 Å². The minimum atomic E-state index is -0.572. The van der Waals surface area contributed by atoms with Gasteiger partial charge in [0, 0.05) is 22.8 Å². The van der Waals surface area contributed by atoms with Crippen molar-refractivity contribution in [3.05, 3.63) is 28.2 Å². The zero-order valence-corrected chi connectivity index (χ0v) is 11.0. The monoisotopic (exact) mass is 317 g/mol. The minimum Gasteiger partial charge on any atom is -0.314 e. The second kappa shape index (κ2) is 3.07. The number of hydrogen-bond acceptors (Lipinski definition) is 1. The molecular formula is C10H9Br2NO. The zero-order chi connectivity index (χ0) is 10.5. The molecule has 1 aromatic carbocycles. The fourth-order valence-corrected chi connectivity index (χ4v) is 2.67. The molecular weight excluding hydrogens is 310 g/mol. The van der Waals surface area contributed by atoms with Crippen molar-refractivity contribution in [1.29, 1.82) is 0 Å². The molecule has 74 valence electrons. The van der Waals surface area contributed by atoms with Crippen molar-refractivity contribution in [3.63, 3.8) is 0 Å². The lowest BCUT2D eigenvalue weighted by atomic mass is 10.0. The number of alkyl halides is 1. The Hall–Kier alpha value is -0.350. The highest BCUT2D eigenvalue weighted by Gasteiger charge is 2.43. The molecule has 1 heterocycles. The SMILES string of the molecule is CN1C(=O)C(C)(Br)c2ccc(Br)cc21. The van der Waals surface area contributed by atoms with E-state index in [1.54, 1.807) is 11.9 Å². The van der Waals surface area contributed by atoms with Crippen molar-refractivity contribution in [2.75, 3.05) is 11.9 Å². The van der Waals surface area contributed by atoms with E-state index >= 15 is 0 Å². The van der Waals surface area contributed by atoms with E-state index in [-0.39, 0.29) is 5.91 Å². The van der Waals surface area contributed by atoms with Gasteiger partial charge in [-0.3, -0.25) is 4.79 Å². The van der Waals surface area contributed by atoms with Gasteiger partial charge >= 0.3 is 0 Å². The summed E-state index contributed by atoms with van der Waals surface area (Å²) in [6, 6.07) is 5.88. The standard InChI is InChI=1S/C10H9Br2NO/c1-10(12)7-4-3-6(11)5-8(7)13(2)9(10)14/h3-5H,1-2H3. The smallest absolute Gasteiger partial charge is 0.247 e. The van der Waals surface area contributed by atoms with Crippen LogP contribution in [-0.4, -0.2) is 13.0 Å². The van der Waals surface area contributed by atoms with Gasteiger partial charge in [0.1, 0.15) is 4.32 Å². The van der Waals surface area contributed by atoms with Crippen LogP contribution < -0.4 is 4.90 Å². The second-order valence-electron chi connectivity index (χ2n) is 3.53. The Morgan fingerprint density at radius 3 is 2.71 bits per heavy atom. The normalized spacial score (nSPS) is 25.4. The molecule has 0 radical (unpaired) electrons. The van der Waals surface area contributed by atoms with Crippen LogP contribution in [0, 0.1) is 0 Å². The Bertz CT molecular complexity index is 415. The van der Waals surface area contributed by atoms with Gasteiger partial charge in [-0.15, -0.1) is 0 Å². The Morgan fingerprint density at radius 2 is 2.07 bits per heavy atom. The molecule has 0 aliphatic carbocycles. The van der Waals surface area contributed by atoms with Gasteiger partial charge in [-0.25, -0.2) is 0 Å². The first kappa shape index (κ1) is 10.2. The summed E-state index contributed by atoms with van der Waals surface area (Å²) >= 11 is 6.86. The van der Waals surface area contributed by atoms with E-state index in [4.69, 9.17) is 0 Å². The first-order chi connectivity index (χ1) is 6.44. The van der Waals surface area contributed by atoms with E-state index in [0.717, 1.165) is 15.7 Å². The molecule has 1 aliphatic heterocycles. The number of carbonyl (C=O) groups excluding carboxylic acids is 1. The molecule has 0 N–H and O–H groups in total. The summed E-state index contributed by atoms with van der Waals surface area (Å²) in [7, 11) is 1.79. The molecule has 1 aliphatic rings. The van der Waals surface area contributed by atoms with E-state index in [1.165, 1.54) is 0 Å². The zero-order valence-electron chi connectivity index (χ0n) is 7.84. The maximum atomic E-state index is 11.9. The van der Waals surface area contributed by atoms with E-state index in [2.05, 4.69) is 31.9 Å². The van der Waals surface area contributed by atoms with Crippen LogP contribution in [0.3, 0.4) is 0 Å². The number of rotatable bonds is 0. The van der Waals surface area contributed by atoms with Gasteiger partial charge in [0.25, 0.3) is 0 Å². The van der Waals surface area contributed by atoms with Crippen molar-refractivity contribution in [2.45, 2.75) is 11.2 Å². The third-order valence-corrected chi connectivity index (χ3v) is 3.79. The van der Waals surface area contributed by atoms with Crippen LogP contribution in [0.2, 0.25) is 0 Å². The Labute approximate surface area is 99.5 Å². The Balaban J connectivity index is 2.68. The van der Waals surface area contributed by atoms with Crippen molar-refractivity contribution in [3.8, 4) is 0 Å². The number of anilines is 1. The predicted octanol–water partition coefficient (Wildman–Crippen LogP) is 3.04. The highest BCUT2D eigenvalue weighted by molar-refractivity contribution is 9.10. The molecule has 14 heavy (non-hydrogen) atoms. The van der Waals surface area contributed by atoms with Gasteiger partial charge < -0.3 is 4.90 Å². The van der Waals surface area contributed by atoms with Gasteiger partial charge in [0.2, 0.25) is 5.91 Å². The van der Waals surface area contributed by atoms with Crippen LogP contribution in [0.1, 0.15) is 12.5 Å². The molecule has 0 fully saturated rings. The number of likely N-dealkylation sites (N-methyl/N-ethyl adjacent to an activating group) is 1. The fourth-order valence-electron chi connectivity index (χ4n) is 1.72. The van der Waals surface area contributed by atoms with Gasteiger partial charge in [-0.2, -0.15) is 0 Å². The molecule has 2 rings (SSSR count). The quantitative estimate of drug-likeness (QED) is 0.673. The molecule has 0 aromatic heterocycles. The molecule has 1 atom stereocenters. The summed E-state index contributed by atoms with van der Waals surface area (Å²) in [4.78, 5) is 13.5. The molecule has 1 aromatic rings. The van der Waals surface area contributed by atoms with E-state index in [0.29, 0.717) is 0 Å². The van der Waals surface area contributed by atoms with Crippen molar-refractivity contribution in [1.82, 2.24) is 0 Å². The van der Waals surface area contributed by atoms with Gasteiger partial charge in [-0.1, -0.05) is 37.9 Å². The third-order valence-electron chi connectivity index (χ3n) is 2.53. The lowest BCUT2D eigenvalue weighted by Crippen LogP contribution is -2.31. The Kier molecular flexibility index (Phi) is 2.23. The molecule has 1 amide bonds. The summed E-state index contributed by atoms with van der Waals surface area (Å²) in [5, 5.41) is 0. The first-order valence-electron chi connectivity index (χ1n) is 4.21. The van der Waals surface area contributed by atoms with E-state index < -0.39 is 4.32 Å². The number of fused-ring (bicyclic) bond motifs is 1. The largest absolute Gasteiger partial charge is 0.314 e. The maximum Gasteiger partial charge on any atom is 0.247 e. The molecule has 0 spiro atoms. The number of carbonyl (C=O) groups is 1. The molecule has 0 bridgehead atoms. The van der Waals surface area contributed by atoms with Gasteiger partial charge in [0.15, 0.2) is 0 Å². The minimum absolute atomic E-state index is 0.0746. The lowest BCUT2D eigenvalue weighted by molar-refractivity contribution is -0.119. The van der Waals surface area contributed by atoms with Crippen LogP contribution in [0.5, 0.6) is 0 Å². The number of hydrogen-bond donors (Lipinski definition) is 0. The lowest BCUT2D eigenvalue weighted by Gasteiger charge is -2.14.